The van der Waals surface area contributed by atoms with Gasteiger partial charge in [0.1, 0.15) is 11.3 Å². The van der Waals surface area contributed by atoms with Gasteiger partial charge in [0.05, 0.1) is 11.7 Å². The molecule has 1 atom stereocenters. The summed E-state index contributed by atoms with van der Waals surface area (Å²) in [5.41, 5.74) is 2.93. The molecule has 1 unspecified atom stereocenters. The number of benzene rings is 2. The Morgan fingerprint density at radius 3 is 2.48 bits per heavy atom. The maximum atomic E-state index is 12.0. The summed E-state index contributed by atoms with van der Waals surface area (Å²) >= 11 is 0. The molecule has 0 fully saturated rings. The molecule has 0 bridgehead atoms. The summed E-state index contributed by atoms with van der Waals surface area (Å²) in [6.45, 7) is 3.23. The smallest absolute Gasteiger partial charge is 0.343 e. The lowest BCUT2D eigenvalue weighted by atomic mass is 10.0. The normalized spacial score (nSPS) is 12.4. The van der Waals surface area contributed by atoms with E-state index in [1.165, 1.54) is 12.5 Å². The molecule has 5 heteroatoms. The molecular formula is C26H26O5. The highest BCUT2D eigenvalue weighted by molar-refractivity contribution is 5.83. The first kappa shape index (κ1) is 20.9. The summed E-state index contributed by atoms with van der Waals surface area (Å²) in [4.78, 5) is 12.0. The number of hydrogen-bond donors (Lipinski definition) is 2. The van der Waals surface area contributed by atoms with E-state index in [1.54, 1.807) is 6.92 Å². The van der Waals surface area contributed by atoms with Gasteiger partial charge in [0.2, 0.25) is 0 Å². The van der Waals surface area contributed by atoms with Crippen LogP contribution in [0.4, 0.5) is 0 Å². The Balaban J connectivity index is 1.44. The molecule has 5 nitrogen and oxygen atoms in total. The van der Waals surface area contributed by atoms with Crippen molar-refractivity contribution in [1.29, 1.82) is 0 Å². The number of rotatable bonds is 7. The minimum absolute atomic E-state index is 0.0647. The highest BCUT2D eigenvalue weighted by Crippen LogP contribution is 2.34. The zero-order chi connectivity index (χ0) is 22.0. The van der Waals surface area contributed by atoms with Crippen LogP contribution in [0.5, 0.6) is 5.75 Å². The summed E-state index contributed by atoms with van der Waals surface area (Å²) in [7, 11) is 0. The van der Waals surface area contributed by atoms with Crippen LogP contribution in [0.2, 0.25) is 0 Å². The number of hydrogen-bond acceptors (Lipinski definition) is 5. The zero-order valence-corrected chi connectivity index (χ0v) is 17.7. The molecular weight excluding hydrogens is 392 g/mol. The molecule has 0 amide bonds. The third-order valence-electron chi connectivity index (χ3n) is 5.73. The minimum Gasteiger partial charge on any atom is -0.507 e. The molecule has 4 aromatic rings. The van der Waals surface area contributed by atoms with Crippen molar-refractivity contribution in [1.82, 2.24) is 0 Å². The molecule has 0 spiro atoms. The van der Waals surface area contributed by atoms with Crippen LogP contribution < -0.4 is 5.63 Å². The summed E-state index contributed by atoms with van der Waals surface area (Å²) in [6, 6.07) is 17.6. The third-order valence-corrected chi connectivity index (χ3v) is 5.73. The number of fused-ring (bicyclic) bond motifs is 1. The Bertz CT molecular complexity index is 1250. The maximum absolute atomic E-state index is 12.0. The monoisotopic (exact) mass is 418 g/mol. The van der Waals surface area contributed by atoms with Crippen molar-refractivity contribution in [2.24, 2.45) is 0 Å². The number of aromatic hydroxyl groups is 1. The van der Waals surface area contributed by atoms with Crippen LogP contribution in [0.15, 0.2) is 68.2 Å². The summed E-state index contributed by atoms with van der Waals surface area (Å²) in [5, 5.41) is 21.4. The van der Waals surface area contributed by atoms with Crippen LogP contribution >= 0.6 is 0 Å². The molecule has 2 N–H and O–H groups in total. The molecule has 0 aliphatic rings. The number of aliphatic hydroxyl groups excluding tert-OH is 1. The van der Waals surface area contributed by atoms with Gasteiger partial charge in [-0.25, -0.2) is 4.79 Å². The fourth-order valence-electron chi connectivity index (χ4n) is 3.84. The van der Waals surface area contributed by atoms with Gasteiger partial charge in [0, 0.05) is 10.9 Å². The van der Waals surface area contributed by atoms with E-state index in [1.807, 2.05) is 48.5 Å². The van der Waals surface area contributed by atoms with Gasteiger partial charge in [0.25, 0.3) is 0 Å². The molecule has 31 heavy (non-hydrogen) atoms. The number of furan rings is 1. The second kappa shape index (κ2) is 8.82. The van der Waals surface area contributed by atoms with Gasteiger partial charge in [-0.05, 0) is 62.4 Å². The molecule has 2 aromatic carbocycles. The van der Waals surface area contributed by atoms with E-state index in [0.29, 0.717) is 16.9 Å². The van der Waals surface area contributed by atoms with Crippen molar-refractivity contribution in [3.8, 4) is 17.3 Å². The van der Waals surface area contributed by atoms with Gasteiger partial charge in [-0.2, -0.15) is 0 Å². The Labute approximate surface area is 180 Å². The number of aryl methyl sites for hydroxylation is 1. The first-order valence-corrected chi connectivity index (χ1v) is 10.5. The zero-order valence-electron chi connectivity index (χ0n) is 17.7. The predicted octanol–water partition coefficient (Wildman–Crippen LogP) is 5.82. The standard InChI is InChI=1S/C26H26O5/c1-16-24(28)17(2)26(29)31-25(16)23-15-20-14-18(12-13-22(20)30-23)8-6-7-11-21(27)19-9-4-3-5-10-19/h3-5,9-10,12-15,21,27-28H,6-8,11H2,1-2H3. The van der Waals surface area contributed by atoms with E-state index in [9.17, 15) is 15.0 Å². The largest absolute Gasteiger partial charge is 0.507 e. The Hall–Kier alpha value is -3.31. The second-order valence-electron chi connectivity index (χ2n) is 7.97. The van der Waals surface area contributed by atoms with E-state index in [-0.39, 0.29) is 17.1 Å². The summed E-state index contributed by atoms with van der Waals surface area (Å²) in [6.07, 6.45) is 3.11. The van der Waals surface area contributed by atoms with E-state index in [2.05, 4.69) is 6.07 Å². The van der Waals surface area contributed by atoms with Crippen LogP contribution in [0.3, 0.4) is 0 Å². The van der Waals surface area contributed by atoms with Crippen LogP contribution in [0.1, 0.15) is 47.6 Å². The first-order chi connectivity index (χ1) is 14.9. The van der Waals surface area contributed by atoms with E-state index < -0.39 is 11.7 Å². The van der Waals surface area contributed by atoms with Gasteiger partial charge in [0.15, 0.2) is 11.5 Å². The topological polar surface area (TPSA) is 83.8 Å². The molecule has 0 aliphatic carbocycles. The van der Waals surface area contributed by atoms with Crippen molar-refractivity contribution in [2.75, 3.05) is 0 Å². The molecule has 0 radical (unpaired) electrons. The van der Waals surface area contributed by atoms with Gasteiger partial charge in [-0.15, -0.1) is 0 Å². The van der Waals surface area contributed by atoms with E-state index >= 15 is 0 Å². The van der Waals surface area contributed by atoms with Crippen molar-refractivity contribution < 1.29 is 19.0 Å². The van der Waals surface area contributed by atoms with E-state index in [4.69, 9.17) is 8.83 Å². The van der Waals surface area contributed by atoms with Crippen molar-refractivity contribution >= 4 is 11.0 Å². The van der Waals surface area contributed by atoms with Crippen LogP contribution in [-0.4, -0.2) is 10.2 Å². The van der Waals surface area contributed by atoms with Crippen molar-refractivity contribution in [3.63, 3.8) is 0 Å². The average molecular weight is 418 g/mol. The van der Waals surface area contributed by atoms with Gasteiger partial charge >= 0.3 is 5.63 Å². The SMILES string of the molecule is Cc1c(-c2cc3cc(CCCCC(O)c4ccccc4)ccc3o2)oc(=O)c(C)c1O. The highest BCUT2D eigenvalue weighted by Gasteiger charge is 2.18. The average Bonchev–Trinajstić information content (AvgIpc) is 3.21. The lowest BCUT2D eigenvalue weighted by molar-refractivity contribution is 0.163. The molecule has 160 valence electrons. The fourth-order valence-corrected chi connectivity index (χ4v) is 3.84. The number of unbranched alkanes of at least 4 members (excludes halogenated alkanes) is 1. The van der Waals surface area contributed by atoms with E-state index in [0.717, 1.165) is 36.6 Å². The van der Waals surface area contributed by atoms with Crippen molar-refractivity contribution in [2.45, 2.75) is 45.6 Å². The third kappa shape index (κ3) is 4.42. The molecule has 2 heterocycles. The predicted molar refractivity (Wildman–Crippen MR) is 120 cm³/mol. The number of aliphatic hydroxyl groups is 1. The van der Waals surface area contributed by atoms with Crippen LogP contribution in [0.25, 0.3) is 22.5 Å². The molecule has 0 saturated carbocycles. The summed E-state index contributed by atoms with van der Waals surface area (Å²) < 4.78 is 11.2. The Kier molecular flexibility index (Phi) is 5.96. The quantitative estimate of drug-likeness (QED) is 0.369. The van der Waals surface area contributed by atoms with Gasteiger partial charge in [-0.1, -0.05) is 42.8 Å². The molecule has 0 aliphatic heterocycles. The summed E-state index contributed by atoms with van der Waals surface area (Å²) in [5.74, 6) is 0.605. The maximum Gasteiger partial charge on any atom is 0.343 e. The first-order valence-electron chi connectivity index (χ1n) is 10.5. The highest BCUT2D eigenvalue weighted by atomic mass is 16.4. The molecule has 2 aromatic heterocycles. The minimum atomic E-state index is -0.572. The second-order valence-corrected chi connectivity index (χ2v) is 7.97. The van der Waals surface area contributed by atoms with Gasteiger partial charge < -0.3 is 19.0 Å². The van der Waals surface area contributed by atoms with Gasteiger partial charge in [-0.3, -0.25) is 0 Å². The van der Waals surface area contributed by atoms with Crippen LogP contribution in [0, 0.1) is 13.8 Å². The van der Waals surface area contributed by atoms with Crippen molar-refractivity contribution in [3.05, 3.63) is 87.3 Å². The lowest BCUT2D eigenvalue weighted by Crippen LogP contribution is -2.05. The Morgan fingerprint density at radius 1 is 0.935 bits per heavy atom. The lowest BCUT2D eigenvalue weighted by Gasteiger charge is -2.10. The molecule has 0 saturated heterocycles. The van der Waals surface area contributed by atoms with Crippen LogP contribution in [-0.2, 0) is 6.42 Å². The fraction of sp³-hybridized carbons (Fsp3) is 0.269. The molecule has 4 rings (SSSR count). The Morgan fingerprint density at radius 2 is 1.71 bits per heavy atom.